The van der Waals surface area contributed by atoms with E-state index in [1.54, 1.807) is 0 Å². The molecule has 96 valence electrons. The summed E-state index contributed by atoms with van der Waals surface area (Å²) in [5.74, 6) is 1.61. The van der Waals surface area contributed by atoms with Gasteiger partial charge in [-0.1, -0.05) is 15.9 Å². The molecule has 1 rings (SSSR count). The first-order chi connectivity index (χ1) is 7.59. The van der Waals surface area contributed by atoms with E-state index in [1.165, 1.54) is 0 Å². The van der Waals surface area contributed by atoms with Crippen LogP contribution in [0.1, 0.15) is 26.2 Å². The van der Waals surface area contributed by atoms with Crippen LogP contribution >= 0.6 is 15.9 Å². The van der Waals surface area contributed by atoms with Gasteiger partial charge in [0.1, 0.15) is 0 Å². The van der Waals surface area contributed by atoms with Gasteiger partial charge in [-0.3, -0.25) is 0 Å². The normalized spacial score (nSPS) is 25.8. The second-order valence-electron chi connectivity index (χ2n) is 4.42. The van der Waals surface area contributed by atoms with Gasteiger partial charge in [-0.25, -0.2) is 8.42 Å². The lowest BCUT2D eigenvalue weighted by Crippen LogP contribution is -2.18. The van der Waals surface area contributed by atoms with Crippen molar-refractivity contribution in [2.45, 2.75) is 26.2 Å². The lowest BCUT2D eigenvalue weighted by molar-refractivity contribution is 0.137. The van der Waals surface area contributed by atoms with Gasteiger partial charge in [-0.15, -0.1) is 0 Å². The summed E-state index contributed by atoms with van der Waals surface area (Å²) in [6.07, 6.45) is 2.93. The van der Waals surface area contributed by atoms with E-state index in [1.807, 2.05) is 6.92 Å². The molecular weight excluding hydrogens is 292 g/mol. The molecule has 0 bridgehead atoms. The number of sulfone groups is 1. The molecule has 0 aromatic heterocycles. The summed E-state index contributed by atoms with van der Waals surface area (Å²) in [4.78, 5) is 0. The third kappa shape index (κ3) is 4.72. The van der Waals surface area contributed by atoms with Gasteiger partial charge >= 0.3 is 0 Å². The molecule has 5 heteroatoms. The Morgan fingerprint density at radius 2 is 2.25 bits per heavy atom. The van der Waals surface area contributed by atoms with Crippen molar-refractivity contribution in [2.24, 2.45) is 11.8 Å². The molecule has 0 saturated carbocycles. The number of hydrogen-bond acceptors (Lipinski definition) is 3. The van der Waals surface area contributed by atoms with Crippen molar-refractivity contribution in [1.29, 1.82) is 0 Å². The van der Waals surface area contributed by atoms with Crippen LogP contribution < -0.4 is 0 Å². The summed E-state index contributed by atoms with van der Waals surface area (Å²) in [5, 5.41) is 0.902. The summed E-state index contributed by atoms with van der Waals surface area (Å²) >= 11 is 3.50. The molecule has 0 aromatic rings. The quantitative estimate of drug-likeness (QED) is 0.535. The standard InChI is InChI=1S/C11H21BrO3S/c1-2-15-6-3-4-10(8-12)11-5-7-16(13,14)9-11/h10-11H,2-9H2,1H3. The maximum Gasteiger partial charge on any atom is 0.150 e. The van der Waals surface area contributed by atoms with Gasteiger partial charge in [-0.2, -0.15) is 0 Å². The van der Waals surface area contributed by atoms with Crippen LogP contribution in [0.2, 0.25) is 0 Å². The summed E-state index contributed by atoms with van der Waals surface area (Å²) in [6.45, 7) is 3.54. The lowest BCUT2D eigenvalue weighted by Gasteiger charge is -2.19. The fourth-order valence-corrected chi connectivity index (χ4v) is 5.00. The molecule has 3 nitrogen and oxygen atoms in total. The molecule has 0 aromatic carbocycles. The highest BCUT2D eigenvalue weighted by molar-refractivity contribution is 9.09. The van der Waals surface area contributed by atoms with Gasteiger partial charge in [0.25, 0.3) is 0 Å². The van der Waals surface area contributed by atoms with E-state index in [0.29, 0.717) is 23.3 Å². The molecule has 2 unspecified atom stereocenters. The molecule has 1 aliphatic heterocycles. The minimum absolute atomic E-state index is 0.353. The zero-order chi connectivity index (χ0) is 12.0. The van der Waals surface area contributed by atoms with Crippen LogP contribution in [0.25, 0.3) is 0 Å². The predicted molar refractivity (Wildman–Crippen MR) is 69.8 cm³/mol. The highest BCUT2D eigenvalue weighted by atomic mass is 79.9. The van der Waals surface area contributed by atoms with E-state index in [9.17, 15) is 8.42 Å². The van der Waals surface area contributed by atoms with Gasteiger partial charge in [0.15, 0.2) is 9.84 Å². The van der Waals surface area contributed by atoms with Crippen molar-refractivity contribution >= 4 is 25.8 Å². The number of alkyl halides is 1. The Labute approximate surface area is 107 Å². The number of ether oxygens (including phenoxy) is 1. The second kappa shape index (κ2) is 6.97. The van der Waals surface area contributed by atoms with Crippen molar-refractivity contribution in [3.05, 3.63) is 0 Å². The van der Waals surface area contributed by atoms with Crippen LogP contribution in [0, 0.1) is 11.8 Å². The predicted octanol–water partition coefficient (Wildman–Crippen LogP) is 2.25. The van der Waals surface area contributed by atoms with Gasteiger partial charge in [-0.05, 0) is 38.0 Å². The first-order valence-electron chi connectivity index (χ1n) is 5.93. The fraction of sp³-hybridized carbons (Fsp3) is 1.00. The Balaban J connectivity index is 2.31. The summed E-state index contributed by atoms with van der Waals surface area (Å²) < 4.78 is 28.1. The minimum Gasteiger partial charge on any atom is -0.382 e. The van der Waals surface area contributed by atoms with E-state index in [0.717, 1.165) is 37.8 Å². The smallest absolute Gasteiger partial charge is 0.150 e. The van der Waals surface area contributed by atoms with E-state index in [2.05, 4.69) is 15.9 Å². The zero-order valence-electron chi connectivity index (χ0n) is 9.82. The molecule has 2 atom stereocenters. The topological polar surface area (TPSA) is 43.4 Å². The number of rotatable bonds is 7. The van der Waals surface area contributed by atoms with Gasteiger partial charge in [0.05, 0.1) is 11.5 Å². The number of hydrogen-bond donors (Lipinski definition) is 0. The third-order valence-electron chi connectivity index (χ3n) is 3.20. The van der Waals surface area contributed by atoms with Crippen molar-refractivity contribution in [2.75, 3.05) is 30.0 Å². The monoisotopic (exact) mass is 312 g/mol. The lowest BCUT2D eigenvalue weighted by atomic mass is 9.90. The molecule has 0 spiro atoms. The minimum atomic E-state index is -2.74. The maximum atomic E-state index is 11.4. The molecule has 1 saturated heterocycles. The van der Waals surface area contributed by atoms with Crippen molar-refractivity contribution in [3.8, 4) is 0 Å². The van der Waals surface area contributed by atoms with Crippen molar-refractivity contribution < 1.29 is 13.2 Å². The largest absolute Gasteiger partial charge is 0.382 e. The van der Waals surface area contributed by atoms with Crippen LogP contribution in [0.5, 0.6) is 0 Å². The van der Waals surface area contributed by atoms with Crippen LogP contribution in [-0.4, -0.2) is 38.5 Å². The first-order valence-corrected chi connectivity index (χ1v) is 8.87. The molecule has 1 fully saturated rings. The molecule has 1 aliphatic rings. The SMILES string of the molecule is CCOCCCC(CBr)C1CCS(=O)(=O)C1. The molecular formula is C11H21BrO3S. The maximum absolute atomic E-state index is 11.4. The van der Waals surface area contributed by atoms with E-state index >= 15 is 0 Å². The Morgan fingerprint density at radius 1 is 1.50 bits per heavy atom. The number of halogens is 1. The highest BCUT2D eigenvalue weighted by Crippen LogP contribution is 2.30. The summed E-state index contributed by atoms with van der Waals surface area (Å²) in [5.41, 5.74) is 0. The van der Waals surface area contributed by atoms with Gasteiger partial charge in [0, 0.05) is 18.5 Å². The second-order valence-corrected chi connectivity index (χ2v) is 7.29. The molecule has 0 amide bonds. The average molecular weight is 313 g/mol. The summed E-state index contributed by atoms with van der Waals surface area (Å²) in [6, 6.07) is 0. The third-order valence-corrected chi connectivity index (χ3v) is 5.83. The Kier molecular flexibility index (Phi) is 6.29. The summed E-state index contributed by atoms with van der Waals surface area (Å²) in [7, 11) is -2.74. The molecule has 1 heterocycles. The molecule has 0 aliphatic carbocycles. The van der Waals surface area contributed by atoms with Crippen molar-refractivity contribution in [3.63, 3.8) is 0 Å². The molecule has 16 heavy (non-hydrogen) atoms. The van der Waals surface area contributed by atoms with Gasteiger partial charge in [0.2, 0.25) is 0 Å². The van der Waals surface area contributed by atoms with E-state index < -0.39 is 9.84 Å². The molecule has 0 radical (unpaired) electrons. The van der Waals surface area contributed by atoms with Crippen LogP contribution in [0.15, 0.2) is 0 Å². The van der Waals surface area contributed by atoms with Crippen molar-refractivity contribution in [1.82, 2.24) is 0 Å². The fourth-order valence-electron chi connectivity index (χ4n) is 2.23. The first kappa shape index (κ1) is 14.5. The van der Waals surface area contributed by atoms with Crippen LogP contribution in [-0.2, 0) is 14.6 Å². The highest BCUT2D eigenvalue weighted by Gasteiger charge is 2.32. The Morgan fingerprint density at radius 3 is 2.75 bits per heavy atom. The van der Waals surface area contributed by atoms with Crippen LogP contribution in [0.4, 0.5) is 0 Å². The Hall–Kier alpha value is 0.390. The molecule has 0 N–H and O–H groups in total. The van der Waals surface area contributed by atoms with E-state index in [4.69, 9.17) is 4.74 Å². The van der Waals surface area contributed by atoms with Gasteiger partial charge < -0.3 is 4.74 Å². The van der Waals surface area contributed by atoms with Crippen LogP contribution in [0.3, 0.4) is 0 Å². The average Bonchev–Trinajstić information content (AvgIpc) is 2.59. The van der Waals surface area contributed by atoms with E-state index in [-0.39, 0.29) is 0 Å². The Bertz CT molecular complexity index is 290. The zero-order valence-corrected chi connectivity index (χ0v) is 12.2.